The molecule has 0 rings (SSSR count). The van der Waals surface area contributed by atoms with Gasteiger partial charge in [0, 0.05) is 6.92 Å². The molecule has 0 aliphatic rings. The Labute approximate surface area is 122 Å². The van der Waals surface area contributed by atoms with Crippen molar-refractivity contribution in [3.8, 4) is 0 Å². The lowest BCUT2D eigenvalue weighted by atomic mass is 10.2. The van der Waals surface area contributed by atoms with Crippen LogP contribution < -0.4 is 0 Å². The summed E-state index contributed by atoms with van der Waals surface area (Å²) in [4.78, 5) is 20.1. The van der Waals surface area contributed by atoms with E-state index in [1.165, 1.54) is 6.92 Å². The second-order valence-electron chi connectivity index (χ2n) is 4.16. The number of alkyl halides is 4. The Morgan fingerprint density at radius 3 is 2.18 bits per heavy atom. The third-order valence-electron chi connectivity index (χ3n) is 2.18. The van der Waals surface area contributed by atoms with Crippen LogP contribution in [0.1, 0.15) is 13.8 Å². The van der Waals surface area contributed by atoms with Gasteiger partial charge < -0.3 is 14.3 Å². The van der Waals surface area contributed by atoms with E-state index in [9.17, 15) is 30.8 Å². The highest BCUT2D eigenvalue weighted by Crippen LogP contribution is 2.26. The van der Waals surface area contributed by atoms with Crippen molar-refractivity contribution >= 4 is 22.1 Å². The molecule has 22 heavy (non-hydrogen) atoms. The molecule has 7 nitrogen and oxygen atoms in total. The molecule has 0 bridgehead atoms. The summed E-state index contributed by atoms with van der Waals surface area (Å²) in [6, 6.07) is 0. The lowest BCUT2D eigenvalue weighted by Gasteiger charge is -2.19. The van der Waals surface area contributed by atoms with Crippen molar-refractivity contribution in [1.29, 1.82) is 0 Å². The van der Waals surface area contributed by atoms with Gasteiger partial charge in [-0.1, -0.05) is 6.58 Å². The lowest BCUT2D eigenvalue weighted by Crippen LogP contribution is -2.45. The quantitative estimate of drug-likeness (QED) is 0.241. The molecule has 1 unspecified atom stereocenters. The van der Waals surface area contributed by atoms with E-state index in [4.69, 9.17) is 9.35 Å². The van der Waals surface area contributed by atoms with E-state index in [2.05, 4.69) is 16.1 Å². The van der Waals surface area contributed by atoms with E-state index in [1.807, 2.05) is 0 Å². The van der Waals surface area contributed by atoms with Gasteiger partial charge >= 0.3 is 33.2 Å². The fraction of sp³-hybridized carbons (Fsp3) is 0.600. The van der Waals surface area contributed by atoms with Crippen LogP contribution in [0.15, 0.2) is 12.2 Å². The third-order valence-corrected chi connectivity index (χ3v) is 3.06. The van der Waals surface area contributed by atoms with E-state index >= 15 is 0 Å². The van der Waals surface area contributed by atoms with Crippen molar-refractivity contribution in [2.75, 3.05) is 6.61 Å². The highest BCUT2D eigenvalue weighted by Gasteiger charge is 2.55. The van der Waals surface area contributed by atoms with Gasteiger partial charge in [0.15, 0.2) is 6.61 Å². The van der Waals surface area contributed by atoms with Gasteiger partial charge in [-0.05, 0) is 6.92 Å². The number of rotatable bonds is 7. The van der Waals surface area contributed by atoms with Crippen molar-refractivity contribution in [3.05, 3.63) is 12.2 Å². The molecule has 0 saturated carbocycles. The molecule has 128 valence electrons. The minimum Gasteiger partial charge on any atom is -0.453 e. The minimum atomic E-state index is -5.94. The molecule has 0 fully saturated rings. The average molecular weight is 353 g/mol. The fourth-order valence-electron chi connectivity index (χ4n) is 0.828. The molecule has 0 aliphatic carbocycles. The summed E-state index contributed by atoms with van der Waals surface area (Å²) in [5.41, 5.74) is -0.145. The van der Waals surface area contributed by atoms with Crippen LogP contribution in [-0.2, 0) is 24.4 Å². The molecule has 0 aromatic rings. The van der Waals surface area contributed by atoms with Gasteiger partial charge in [0.05, 0.1) is 5.57 Å². The third kappa shape index (κ3) is 4.94. The van der Waals surface area contributed by atoms with Crippen LogP contribution in [0.25, 0.3) is 0 Å². The first-order valence-corrected chi connectivity index (χ1v) is 6.85. The largest absolute Gasteiger partial charge is 0.512 e. The Kier molecular flexibility index (Phi) is 6.10. The molecule has 0 spiro atoms. The maximum absolute atomic E-state index is 13.5. The van der Waals surface area contributed by atoms with Crippen LogP contribution in [-0.4, -0.2) is 53.6 Å². The van der Waals surface area contributed by atoms with Crippen molar-refractivity contribution in [3.63, 3.8) is 0 Å². The number of halogens is 4. The zero-order chi connectivity index (χ0) is 17.9. The molecule has 1 atom stereocenters. The van der Waals surface area contributed by atoms with Crippen LogP contribution in [0, 0.1) is 0 Å². The van der Waals surface area contributed by atoms with Gasteiger partial charge in [-0.25, -0.2) is 4.79 Å². The van der Waals surface area contributed by atoms with Crippen LogP contribution in [0.4, 0.5) is 17.6 Å². The normalized spacial score (nSPS) is 14.1. The maximum atomic E-state index is 13.5. The molecule has 0 amide bonds. The Bertz CT molecular complexity index is 570. The monoisotopic (exact) mass is 353 g/mol. The number of carbonyl (C=O) groups is 1. The van der Waals surface area contributed by atoms with E-state index in [1.54, 1.807) is 0 Å². The molecule has 12 heteroatoms. The van der Waals surface area contributed by atoms with Gasteiger partial charge in [-0.15, -0.1) is 0 Å². The summed E-state index contributed by atoms with van der Waals surface area (Å²) >= 11 is 0. The van der Waals surface area contributed by atoms with Gasteiger partial charge in [-0.3, -0.25) is 4.55 Å². The molecule has 0 aromatic carbocycles. The van der Waals surface area contributed by atoms with Crippen LogP contribution in [0.5, 0.6) is 0 Å². The number of hydrogen-bond acceptors (Lipinski definition) is 5. The number of carbonyl (C=O) groups excluding carboxylic acids is 2. The molecular formula is C10H13F4O7S+. The average Bonchev–Trinajstić information content (AvgIpc) is 2.33. The topological polar surface area (TPSA) is 111 Å². The van der Waals surface area contributed by atoms with E-state index in [0.29, 0.717) is 6.92 Å². The Morgan fingerprint density at radius 2 is 1.82 bits per heavy atom. The Morgan fingerprint density at radius 1 is 1.36 bits per heavy atom. The fourth-order valence-corrected chi connectivity index (χ4v) is 1.04. The zero-order valence-electron chi connectivity index (χ0n) is 11.3. The van der Waals surface area contributed by atoms with Crippen LogP contribution in [0.3, 0.4) is 0 Å². The standard InChI is InChI=1S/C10H12F4O7S/c1-5(2)7(15)21-6(3)10(13,14)8(16)20-4-9(11,12)22(17,18)19/h6H,1,4H2,2-3H3,(H,17,18,19)/p+1. The van der Waals surface area contributed by atoms with Crippen molar-refractivity contribution < 1.29 is 49.6 Å². The van der Waals surface area contributed by atoms with Crippen molar-refractivity contribution in [2.24, 2.45) is 0 Å². The molecule has 0 radical (unpaired) electrons. The molecule has 0 saturated heterocycles. The Balaban J connectivity index is 4.90. The van der Waals surface area contributed by atoms with Crippen LogP contribution >= 0.6 is 0 Å². The molecule has 0 aliphatic heterocycles. The van der Waals surface area contributed by atoms with E-state index in [-0.39, 0.29) is 5.57 Å². The smallest absolute Gasteiger partial charge is 0.453 e. The van der Waals surface area contributed by atoms with E-state index < -0.39 is 45.9 Å². The van der Waals surface area contributed by atoms with Gasteiger partial charge in [0.1, 0.15) is 0 Å². The number of hydrogen-bond donors (Lipinski definition) is 1. The van der Waals surface area contributed by atoms with Gasteiger partial charge in [0.25, 0.3) is 6.10 Å². The summed E-state index contributed by atoms with van der Waals surface area (Å²) in [6.45, 7) is 2.67. The predicted octanol–water partition coefficient (Wildman–Crippen LogP) is 1.13. The predicted molar refractivity (Wildman–Crippen MR) is 64.7 cm³/mol. The second kappa shape index (κ2) is 6.60. The first-order valence-electron chi connectivity index (χ1n) is 5.41. The molecule has 0 heterocycles. The highest BCUT2D eigenvalue weighted by molar-refractivity contribution is 7.86. The lowest BCUT2D eigenvalue weighted by molar-refractivity contribution is -0.190. The Hall–Kier alpha value is -1.69. The summed E-state index contributed by atoms with van der Waals surface area (Å²) in [7, 11) is -5.94. The second-order valence-corrected chi connectivity index (χ2v) is 5.70. The highest BCUT2D eigenvalue weighted by atomic mass is 32.2. The number of ether oxygens (including phenoxy) is 2. The summed E-state index contributed by atoms with van der Waals surface area (Å²) in [5, 5.41) is -4.95. The van der Waals surface area contributed by atoms with Crippen LogP contribution in [0.2, 0.25) is 0 Å². The minimum absolute atomic E-state index is 0.145. The molecular weight excluding hydrogens is 340 g/mol. The van der Waals surface area contributed by atoms with E-state index in [0.717, 1.165) is 0 Å². The number of esters is 2. The molecule has 2 N–H and O–H groups in total. The summed E-state index contributed by atoms with van der Waals surface area (Å²) in [6.07, 6.45) is -2.32. The first kappa shape index (κ1) is 20.3. The van der Waals surface area contributed by atoms with Gasteiger partial charge in [-0.2, -0.15) is 26.0 Å². The summed E-state index contributed by atoms with van der Waals surface area (Å²) in [5.74, 6) is -8.03. The van der Waals surface area contributed by atoms with Crippen molar-refractivity contribution in [1.82, 2.24) is 0 Å². The SMILES string of the molecule is C=C(C)C(=[OH+])OC(C)C(F)(F)C(=O)OCC(F)(F)S(=O)(=O)O. The molecule has 0 aromatic heterocycles. The summed E-state index contributed by atoms with van der Waals surface area (Å²) < 4.78 is 88.8. The zero-order valence-corrected chi connectivity index (χ0v) is 12.2. The van der Waals surface area contributed by atoms with Crippen molar-refractivity contribution in [2.45, 2.75) is 31.1 Å². The van der Waals surface area contributed by atoms with Gasteiger partial charge in [0.2, 0.25) is 0 Å². The maximum Gasteiger partial charge on any atom is 0.512 e. The first-order chi connectivity index (χ1) is 9.63.